The van der Waals surface area contributed by atoms with Crippen LogP contribution in [0, 0.1) is 5.41 Å². The van der Waals surface area contributed by atoms with E-state index in [1.807, 2.05) is 18.6 Å². The molecule has 0 amide bonds. The number of carbonyl (C=O) groups is 1. The fourth-order valence-electron chi connectivity index (χ4n) is 3.17. The van der Waals surface area contributed by atoms with Gasteiger partial charge in [-0.1, -0.05) is 25.3 Å². The van der Waals surface area contributed by atoms with Gasteiger partial charge in [-0.05, 0) is 57.7 Å². The van der Waals surface area contributed by atoms with Crippen LogP contribution in [-0.4, -0.2) is 31.2 Å². The van der Waals surface area contributed by atoms with Gasteiger partial charge in [0.15, 0.2) is 0 Å². The Hall–Kier alpha value is -2.42. The van der Waals surface area contributed by atoms with E-state index in [-0.39, 0.29) is 17.4 Å². The molecule has 0 radical (unpaired) electrons. The summed E-state index contributed by atoms with van der Waals surface area (Å²) >= 11 is 0. The minimum absolute atomic E-state index is 0.0928. The number of esters is 1. The minimum atomic E-state index is -3.94. The highest BCUT2D eigenvalue weighted by Gasteiger charge is 2.31. The fraction of sp³-hybridized carbons (Fsp3) is 0.550. The number of nitrogens with one attached hydrogen (secondary N) is 1. The Labute approximate surface area is 172 Å². The first-order valence-electron chi connectivity index (χ1n) is 9.79. The molecule has 0 fully saturated rings. The number of anilines is 1. The van der Waals surface area contributed by atoms with Crippen LogP contribution in [0.5, 0.6) is 5.75 Å². The second-order valence-electron chi connectivity index (χ2n) is 7.76. The first kappa shape index (κ1) is 22.9. The number of aromatic hydroxyl groups is 1. The van der Waals surface area contributed by atoms with Gasteiger partial charge in [-0.2, -0.15) is 8.42 Å². The summed E-state index contributed by atoms with van der Waals surface area (Å²) in [7, 11) is -3.94. The molecule has 1 aromatic rings. The third kappa shape index (κ3) is 6.03. The number of aliphatic hydroxyl groups is 1. The van der Waals surface area contributed by atoms with E-state index >= 15 is 0 Å². The Bertz CT molecular complexity index is 864. The number of aliphatic hydroxyl groups excluding tert-OH is 1. The van der Waals surface area contributed by atoms with Crippen LogP contribution in [0.3, 0.4) is 0 Å². The highest BCUT2D eigenvalue weighted by Crippen LogP contribution is 2.33. The van der Waals surface area contributed by atoms with Crippen molar-refractivity contribution in [2.75, 3.05) is 10.9 Å². The van der Waals surface area contributed by atoms with Crippen molar-refractivity contribution in [2.45, 2.75) is 59.3 Å². The summed E-state index contributed by atoms with van der Waals surface area (Å²) in [5, 5.41) is 19.5. The van der Waals surface area contributed by atoms with Crippen molar-refractivity contribution in [2.24, 2.45) is 5.41 Å². The van der Waals surface area contributed by atoms with Gasteiger partial charge in [0.05, 0.1) is 18.2 Å². The van der Waals surface area contributed by atoms with Gasteiger partial charge in [0.2, 0.25) is 5.88 Å². The fourth-order valence-corrected chi connectivity index (χ4v) is 4.23. The monoisotopic (exact) mass is 426 g/mol. The molecular weight excluding hydrogens is 396 g/mol. The van der Waals surface area contributed by atoms with Crippen LogP contribution in [-0.2, 0) is 26.2 Å². The Morgan fingerprint density at radius 1 is 1.17 bits per heavy atom. The van der Waals surface area contributed by atoms with E-state index in [9.17, 15) is 23.4 Å². The maximum atomic E-state index is 12.0. The van der Waals surface area contributed by atoms with Gasteiger partial charge in [-0.15, -0.1) is 0 Å². The van der Waals surface area contributed by atoms with Gasteiger partial charge >= 0.3 is 16.2 Å². The average Bonchev–Trinajstić information content (AvgIpc) is 2.91. The molecule has 0 unspecified atom stereocenters. The topological polar surface area (TPSA) is 116 Å². The zero-order valence-corrected chi connectivity index (χ0v) is 18.0. The molecular formula is C20H30N2O6S. The molecule has 0 aromatic heterocycles. The van der Waals surface area contributed by atoms with Crippen molar-refractivity contribution in [3.63, 3.8) is 0 Å². The molecule has 1 aliphatic rings. The van der Waals surface area contributed by atoms with Gasteiger partial charge in [0.1, 0.15) is 11.4 Å². The molecule has 1 aromatic carbocycles. The standard InChI is InChI=1S/C20H30N2O6S/c1-4-28-19(25)20(2,3)12-8-6-5-7-9-15-10-11-17(23)16(13-15)22-14-18(24)21-29(22,26)27/h10-11,13-14,21,23-24H,4-9,12H2,1-3H3. The second kappa shape index (κ2) is 9.39. The Balaban J connectivity index is 1.84. The molecule has 3 N–H and O–H groups in total. The Morgan fingerprint density at radius 2 is 1.86 bits per heavy atom. The molecule has 0 bridgehead atoms. The van der Waals surface area contributed by atoms with E-state index in [2.05, 4.69) is 0 Å². The molecule has 2 rings (SSSR count). The Kier molecular flexibility index (Phi) is 7.40. The van der Waals surface area contributed by atoms with Crippen LogP contribution in [0.4, 0.5) is 5.69 Å². The number of ether oxygens (including phenoxy) is 1. The zero-order chi connectivity index (χ0) is 21.7. The number of nitrogens with zero attached hydrogens (tertiary/aromatic N) is 1. The number of benzene rings is 1. The first-order valence-corrected chi connectivity index (χ1v) is 11.2. The van der Waals surface area contributed by atoms with Gasteiger partial charge in [-0.25, -0.2) is 9.03 Å². The van der Waals surface area contributed by atoms with Crippen LogP contribution in [0.15, 0.2) is 30.3 Å². The molecule has 0 saturated carbocycles. The third-order valence-corrected chi connectivity index (χ3v) is 6.14. The normalized spacial score (nSPS) is 15.7. The number of hydrogen-bond donors (Lipinski definition) is 3. The summed E-state index contributed by atoms with van der Waals surface area (Å²) in [6.07, 6.45) is 6.29. The summed E-state index contributed by atoms with van der Waals surface area (Å²) < 4.78 is 31.9. The van der Waals surface area contributed by atoms with Gasteiger partial charge in [0, 0.05) is 0 Å². The van der Waals surface area contributed by atoms with Crippen LogP contribution < -0.4 is 9.03 Å². The lowest BCUT2D eigenvalue weighted by Crippen LogP contribution is -2.29. The maximum Gasteiger partial charge on any atom is 0.330 e. The largest absolute Gasteiger partial charge is 0.506 e. The summed E-state index contributed by atoms with van der Waals surface area (Å²) in [6.45, 7) is 5.99. The number of phenolic OH excluding ortho intramolecular Hbond substituents is 1. The Morgan fingerprint density at radius 3 is 2.48 bits per heavy atom. The van der Waals surface area contributed by atoms with Crippen molar-refractivity contribution in [1.82, 2.24) is 4.72 Å². The summed E-state index contributed by atoms with van der Waals surface area (Å²) in [4.78, 5) is 11.9. The van der Waals surface area contributed by atoms with Crippen molar-refractivity contribution in [3.05, 3.63) is 35.8 Å². The number of rotatable bonds is 10. The number of unbranched alkanes of at least 4 members (excludes halogenated alkanes) is 3. The van der Waals surface area contributed by atoms with E-state index in [1.165, 1.54) is 6.07 Å². The second-order valence-corrected chi connectivity index (χ2v) is 9.31. The molecule has 29 heavy (non-hydrogen) atoms. The average molecular weight is 427 g/mol. The van der Waals surface area contributed by atoms with Gasteiger partial charge < -0.3 is 14.9 Å². The first-order chi connectivity index (χ1) is 13.6. The molecule has 1 aliphatic heterocycles. The quantitative estimate of drug-likeness (QED) is 0.390. The van der Waals surface area contributed by atoms with Crippen LogP contribution in [0.2, 0.25) is 0 Å². The number of phenols is 1. The molecule has 8 nitrogen and oxygen atoms in total. The van der Waals surface area contributed by atoms with Crippen LogP contribution >= 0.6 is 0 Å². The van der Waals surface area contributed by atoms with E-state index in [0.717, 1.165) is 54.6 Å². The molecule has 0 atom stereocenters. The summed E-state index contributed by atoms with van der Waals surface area (Å²) in [6, 6.07) is 4.81. The SMILES string of the molecule is CCOC(=O)C(C)(C)CCCCCCc1ccc(O)c(N2C=C(O)NS2(=O)=O)c1. The maximum absolute atomic E-state index is 12.0. The minimum Gasteiger partial charge on any atom is -0.506 e. The lowest BCUT2D eigenvalue weighted by atomic mass is 9.87. The predicted octanol–water partition coefficient (Wildman–Crippen LogP) is 3.49. The summed E-state index contributed by atoms with van der Waals surface area (Å²) in [5.41, 5.74) is 0.505. The van der Waals surface area contributed by atoms with E-state index in [1.54, 1.807) is 19.1 Å². The zero-order valence-electron chi connectivity index (χ0n) is 17.1. The highest BCUT2D eigenvalue weighted by molar-refractivity contribution is 7.91. The van der Waals surface area contributed by atoms with Gasteiger partial charge in [-0.3, -0.25) is 4.79 Å². The van der Waals surface area contributed by atoms with Crippen molar-refractivity contribution < 1.29 is 28.2 Å². The summed E-state index contributed by atoms with van der Waals surface area (Å²) in [5.74, 6) is -0.852. The third-order valence-electron chi connectivity index (χ3n) is 4.85. The number of aryl methyl sites for hydroxylation is 1. The smallest absolute Gasteiger partial charge is 0.330 e. The van der Waals surface area contributed by atoms with Crippen LogP contribution in [0.25, 0.3) is 0 Å². The molecule has 0 spiro atoms. The van der Waals surface area contributed by atoms with Crippen molar-refractivity contribution in [3.8, 4) is 5.75 Å². The molecule has 162 valence electrons. The molecule has 0 saturated heterocycles. The highest BCUT2D eigenvalue weighted by atomic mass is 32.2. The number of hydrogen-bond acceptors (Lipinski definition) is 6. The lowest BCUT2D eigenvalue weighted by Gasteiger charge is -2.21. The van der Waals surface area contributed by atoms with Crippen molar-refractivity contribution in [1.29, 1.82) is 0 Å². The predicted molar refractivity (Wildman–Crippen MR) is 111 cm³/mol. The van der Waals surface area contributed by atoms with E-state index in [4.69, 9.17) is 4.74 Å². The number of carbonyl (C=O) groups excluding carboxylic acids is 1. The van der Waals surface area contributed by atoms with E-state index < -0.39 is 21.5 Å². The van der Waals surface area contributed by atoms with Crippen molar-refractivity contribution >= 4 is 21.9 Å². The van der Waals surface area contributed by atoms with E-state index in [0.29, 0.717) is 6.61 Å². The lowest BCUT2D eigenvalue weighted by molar-refractivity contribution is -0.153. The van der Waals surface area contributed by atoms with Crippen LogP contribution in [0.1, 0.15) is 58.4 Å². The molecule has 1 heterocycles. The molecule has 0 aliphatic carbocycles. The van der Waals surface area contributed by atoms with Gasteiger partial charge in [0.25, 0.3) is 0 Å². The molecule has 9 heteroatoms.